The first kappa shape index (κ1) is 27.5. The van der Waals surface area contributed by atoms with E-state index in [1.54, 1.807) is 29.9 Å². The third-order valence-electron chi connectivity index (χ3n) is 5.90. The molecule has 0 saturated carbocycles. The summed E-state index contributed by atoms with van der Waals surface area (Å²) in [5, 5.41) is 20.3. The molecule has 0 aliphatic carbocycles. The van der Waals surface area contributed by atoms with Crippen molar-refractivity contribution in [2.45, 2.75) is 46.2 Å². The zero-order valence-corrected chi connectivity index (χ0v) is 22.5. The molecular weight excluding hydrogens is 480 g/mol. The van der Waals surface area contributed by atoms with Crippen molar-refractivity contribution in [3.05, 3.63) is 62.5 Å². The summed E-state index contributed by atoms with van der Waals surface area (Å²) < 4.78 is 11.0. The van der Waals surface area contributed by atoms with Gasteiger partial charge >= 0.3 is 0 Å². The molecule has 1 aromatic carbocycles. The molecule has 10 heteroatoms. The molecule has 3 heterocycles. The van der Waals surface area contributed by atoms with Crippen LogP contribution in [-0.2, 0) is 15.9 Å². The number of aromatic hydroxyl groups is 1. The fourth-order valence-corrected chi connectivity index (χ4v) is 4.73. The van der Waals surface area contributed by atoms with Gasteiger partial charge in [-0.25, -0.2) is 0 Å². The normalized spacial score (nSPS) is 15.0. The molecule has 2 aromatic heterocycles. The topological polar surface area (TPSA) is 107 Å². The van der Waals surface area contributed by atoms with E-state index in [0.717, 1.165) is 10.6 Å². The Labute approximate surface area is 215 Å². The van der Waals surface area contributed by atoms with Crippen LogP contribution in [0.3, 0.4) is 0 Å². The molecule has 4 rings (SSSR count). The van der Waals surface area contributed by atoms with Gasteiger partial charge in [0.15, 0.2) is 16.5 Å². The molecule has 9 nitrogen and oxygen atoms in total. The summed E-state index contributed by atoms with van der Waals surface area (Å²) in [5.41, 5.74) is 2.02. The molecule has 1 atom stereocenters. The molecule has 1 amide bonds. The molecular formula is C26H34N4O5S. The number of aryl methyl sites for hydroxylation is 1. The van der Waals surface area contributed by atoms with Gasteiger partial charge in [0.2, 0.25) is 5.43 Å². The number of methoxy groups -OCH3 is 2. The van der Waals surface area contributed by atoms with Crippen LogP contribution in [0, 0.1) is 6.92 Å². The number of benzene rings is 1. The van der Waals surface area contributed by atoms with Crippen LogP contribution >= 0.6 is 11.3 Å². The molecule has 0 spiro atoms. The number of fused-ring (bicyclic) bond motifs is 1. The Kier molecular flexibility index (Phi) is 9.36. The summed E-state index contributed by atoms with van der Waals surface area (Å²) in [6.45, 7) is 9.73. The Balaban J connectivity index is 0.000000538. The van der Waals surface area contributed by atoms with Crippen molar-refractivity contribution in [3.63, 3.8) is 0 Å². The zero-order valence-electron chi connectivity index (χ0n) is 21.6. The molecule has 1 aliphatic rings. The average Bonchev–Trinajstić information content (AvgIpc) is 3.31. The van der Waals surface area contributed by atoms with Crippen LogP contribution in [0.1, 0.15) is 53.4 Å². The number of carbonyl (C=O) groups excluding carboxylic acids is 1. The lowest BCUT2D eigenvalue weighted by atomic mass is 10.1. The van der Waals surface area contributed by atoms with Crippen molar-refractivity contribution in [2.75, 3.05) is 34.0 Å². The number of hydrogen-bond donors (Lipinski definition) is 1. The summed E-state index contributed by atoms with van der Waals surface area (Å²) in [6.07, 6.45) is 2.25. The summed E-state index contributed by atoms with van der Waals surface area (Å²) in [6, 6.07) is 8.09. The SMILES string of the molecule is COCCOC.Cc1ccc(Cc2nnc(-c3cn4c(c(O)c3=O)C(=O)N(C(C)C)CC4C)s2)cc1. The first-order valence-electron chi connectivity index (χ1n) is 11.8. The van der Waals surface area contributed by atoms with Gasteiger partial charge in [-0.15, -0.1) is 10.2 Å². The molecule has 1 N–H and O–H groups in total. The Morgan fingerprint density at radius 1 is 1.11 bits per heavy atom. The second-order valence-corrected chi connectivity index (χ2v) is 10.1. The van der Waals surface area contributed by atoms with E-state index >= 15 is 0 Å². The number of amides is 1. The highest BCUT2D eigenvalue weighted by Gasteiger charge is 2.34. The lowest BCUT2D eigenvalue weighted by Gasteiger charge is -2.37. The smallest absolute Gasteiger partial charge is 0.274 e. The number of rotatable bonds is 7. The zero-order chi connectivity index (χ0) is 26.4. The predicted molar refractivity (Wildman–Crippen MR) is 140 cm³/mol. The molecule has 0 bridgehead atoms. The fraction of sp³-hybridized carbons (Fsp3) is 0.462. The molecule has 1 unspecified atom stereocenters. The average molecular weight is 515 g/mol. The Bertz CT molecular complexity index is 1230. The van der Waals surface area contributed by atoms with Crippen molar-refractivity contribution in [1.82, 2.24) is 19.7 Å². The molecule has 0 radical (unpaired) electrons. The minimum Gasteiger partial charge on any atom is -0.503 e. The van der Waals surface area contributed by atoms with E-state index in [4.69, 9.17) is 0 Å². The first-order chi connectivity index (χ1) is 17.2. The van der Waals surface area contributed by atoms with Crippen LogP contribution in [0.4, 0.5) is 0 Å². The molecule has 0 fully saturated rings. The number of carbonyl (C=O) groups is 1. The van der Waals surface area contributed by atoms with E-state index in [9.17, 15) is 14.7 Å². The van der Waals surface area contributed by atoms with Crippen LogP contribution in [0.25, 0.3) is 10.6 Å². The summed E-state index contributed by atoms with van der Waals surface area (Å²) in [4.78, 5) is 27.4. The third-order valence-corrected chi connectivity index (χ3v) is 6.85. The van der Waals surface area contributed by atoms with Crippen LogP contribution in [0.15, 0.2) is 35.3 Å². The van der Waals surface area contributed by atoms with E-state index in [0.29, 0.717) is 31.2 Å². The highest BCUT2D eigenvalue weighted by Crippen LogP contribution is 2.31. The standard InChI is InChI=1S/C22H24N4O3S.C4H10O2/c1-12(2)25-10-14(4)26-11-16(19(27)20(28)18(26)22(25)29)21-24-23-17(30-21)9-15-7-5-13(3)6-8-15;1-5-3-4-6-2/h5-8,11-12,14,28H,9-10H2,1-4H3;3-4H2,1-2H3. The number of nitrogens with zero attached hydrogens (tertiary/aromatic N) is 4. The maximum Gasteiger partial charge on any atom is 0.274 e. The van der Waals surface area contributed by atoms with Gasteiger partial charge in [0, 0.05) is 45.5 Å². The van der Waals surface area contributed by atoms with Gasteiger partial charge in [-0.3, -0.25) is 9.59 Å². The summed E-state index contributed by atoms with van der Waals surface area (Å²) in [7, 11) is 3.30. The van der Waals surface area contributed by atoms with Gasteiger partial charge in [-0.1, -0.05) is 41.2 Å². The van der Waals surface area contributed by atoms with Crippen molar-refractivity contribution < 1.29 is 19.4 Å². The number of hydrogen-bond acceptors (Lipinski definition) is 8. The summed E-state index contributed by atoms with van der Waals surface area (Å²) in [5.74, 6) is -0.855. The van der Waals surface area contributed by atoms with Gasteiger partial charge in [-0.2, -0.15) is 0 Å². The van der Waals surface area contributed by atoms with E-state index in [2.05, 4.69) is 19.7 Å². The third kappa shape index (κ3) is 6.18. The van der Waals surface area contributed by atoms with E-state index in [1.165, 1.54) is 16.9 Å². The number of aromatic nitrogens is 3. The molecule has 0 saturated heterocycles. The second-order valence-electron chi connectivity index (χ2n) is 9.03. The predicted octanol–water partition coefficient (Wildman–Crippen LogP) is 3.68. The lowest BCUT2D eigenvalue weighted by Crippen LogP contribution is -2.46. The lowest BCUT2D eigenvalue weighted by molar-refractivity contribution is 0.0608. The minimum atomic E-state index is -0.592. The van der Waals surface area contributed by atoms with E-state index in [1.807, 2.05) is 52.0 Å². The number of pyridine rings is 1. The first-order valence-corrected chi connectivity index (χ1v) is 12.6. The van der Waals surface area contributed by atoms with Crippen LogP contribution in [0.2, 0.25) is 0 Å². The van der Waals surface area contributed by atoms with E-state index in [-0.39, 0.29) is 29.2 Å². The Hall–Kier alpha value is -3.08. The highest BCUT2D eigenvalue weighted by molar-refractivity contribution is 7.14. The minimum absolute atomic E-state index is 0.0182. The molecule has 1 aliphatic heterocycles. The molecule has 3 aromatic rings. The van der Waals surface area contributed by atoms with Crippen molar-refractivity contribution in [2.24, 2.45) is 0 Å². The van der Waals surface area contributed by atoms with Crippen molar-refractivity contribution in [3.8, 4) is 16.3 Å². The van der Waals surface area contributed by atoms with Crippen LogP contribution in [-0.4, -0.2) is 70.7 Å². The Morgan fingerprint density at radius 3 is 2.33 bits per heavy atom. The summed E-state index contributed by atoms with van der Waals surface area (Å²) >= 11 is 1.32. The van der Waals surface area contributed by atoms with Gasteiger partial charge in [0.25, 0.3) is 5.91 Å². The van der Waals surface area contributed by atoms with Crippen molar-refractivity contribution in [1.29, 1.82) is 0 Å². The maximum atomic E-state index is 12.9. The quantitative estimate of drug-likeness (QED) is 0.480. The van der Waals surface area contributed by atoms with Crippen LogP contribution < -0.4 is 5.43 Å². The van der Waals surface area contributed by atoms with Crippen molar-refractivity contribution >= 4 is 17.2 Å². The monoisotopic (exact) mass is 514 g/mol. The maximum absolute atomic E-state index is 12.9. The highest BCUT2D eigenvalue weighted by atomic mass is 32.1. The number of ether oxygens (including phenoxy) is 2. The van der Waals surface area contributed by atoms with Crippen LogP contribution in [0.5, 0.6) is 5.75 Å². The largest absolute Gasteiger partial charge is 0.503 e. The van der Waals surface area contributed by atoms with Gasteiger partial charge in [-0.05, 0) is 33.3 Å². The Morgan fingerprint density at radius 2 is 1.75 bits per heavy atom. The molecule has 36 heavy (non-hydrogen) atoms. The molecule has 194 valence electrons. The van der Waals surface area contributed by atoms with E-state index < -0.39 is 11.2 Å². The second kappa shape index (κ2) is 12.2. The van der Waals surface area contributed by atoms with Gasteiger partial charge in [0.05, 0.1) is 18.8 Å². The fourth-order valence-electron chi connectivity index (χ4n) is 3.85. The van der Waals surface area contributed by atoms with Gasteiger partial charge < -0.3 is 24.0 Å². The van der Waals surface area contributed by atoms with Gasteiger partial charge in [0.1, 0.15) is 5.01 Å².